The van der Waals surface area contributed by atoms with Crippen molar-refractivity contribution in [3.05, 3.63) is 0 Å². The highest BCUT2D eigenvalue weighted by Gasteiger charge is 2.46. The molecule has 0 aromatic carbocycles. The van der Waals surface area contributed by atoms with Crippen LogP contribution in [-0.2, 0) is 9.53 Å². The first kappa shape index (κ1) is 14.8. The summed E-state index contributed by atoms with van der Waals surface area (Å²) in [7, 11) is 0. The molecule has 1 heterocycles. The molecule has 2 fully saturated rings. The molecule has 1 saturated carbocycles. The predicted molar refractivity (Wildman–Crippen MR) is 74.6 cm³/mol. The number of carbonyl (C=O) groups excluding carboxylic acids is 1. The number of hydrogen-bond donors (Lipinski definition) is 1. The second-order valence-corrected chi connectivity index (χ2v) is 6.87. The summed E-state index contributed by atoms with van der Waals surface area (Å²) in [5.41, 5.74) is -0.709. The Hall–Kier alpha value is -0.570. The topological polar surface area (TPSA) is 46.5 Å². The Balaban J connectivity index is 2.21. The van der Waals surface area contributed by atoms with E-state index in [1.54, 1.807) is 0 Å². The maximum atomic E-state index is 11.7. The van der Waals surface area contributed by atoms with E-state index in [0.717, 1.165) is 25.7 Å². The van der Waals surface area contributed by atoms with Crippen molar-refractivity contribution in [3.63, 3.8) is 0 Å². The summed E-state index contributed by atoms with van der Waals surface area (Å²) >= 11 is 0. The van der Waals surface area contributed by atoms with Crippen LogP contribution in [0.15, 0.2) is 0 Å². The number of fused-ring (bicyclic) bond motifs is 1. The second-order valence-electron chi connectivity index (χ2n) is 6.87. The van der Waals surface area contributed by atoms with Gasteiger partial charge in [0.05, 0.1) is 12.0 Å². The summed E-state index contributed by atoms with van der Waals surface area (Å²) in [5.74, 6) is 1.00. The van der Waals surface area contributed by atoms with Crippen LogP contribution < -0.4 is 0 Å². The van der Waals surface area contributed by atoms with Crippen LogP contribution in [0.25, 0.3) is 0 Å². The van der Waals surface area contributed by atoms with Gasteiger partial charge in [0, 0.05) is 11.8 Å². The van der Waals surface area contributed by atoms with Crippen molar-refractivity contribution in [1.29, 1.82) is 0 Å². The Kier molecular flexibility index (Phi) is 4.54. The zero-order valence-electron chi connectivity index (χ0n) is 12.5. The van der Waals surface area contributed by atoms with Gasteiger partial charge in [-0.2, -0.15) is 0 Å². The summed E-state index contributed by atoms with van der Waals surface area (Å²) in [4.78, 5) is 11.7. The van der Waals surface area contributed by atoms with Crippen LogP contribution in [0.3, 0.4) is 0 Å². The van der Waals surface area contributed by atoms with E-state index in [1.165, 1.54) is 12.8 Å². The number of esters is 1. The molecule has 110 valence electrons. The van der Waals surface area contributed by atoms with E-state index in [2.05, 4.69) is 13.8 Å². The average Bonchev–Trinajstić information content (AvgIpc) is 2.67. The third kappa shape index (κ3) is 3.31. The maximum Gasteiger partial charge on any atom is 0.306 e. The molecule has 2 rings (SSSR count). The molecule has 0 spiro atoms. The molecule has 0 amide bonds. The highest BCUT2D eigenvalue weighted by atomic mass is 16.6. The van der Waals surface area contributed by atoms with Crippen molar-refractivity contribution in [1.82, 2.24) is 0 Å². The third-order valence-electron chi connectivity index (χ3n) is 5.21. The Labute approximate surface area is 116 Å². The van der Waals surface area contributed by atoms with E-state index < -0.39 is 5.60 Å². The molecule has 1 aliphatic carbocycles. The number of hydrogen-bond acceptors (Lipinski definition) is 3. The monoisotopic (exact) mass is 268 g/mol. The number of ether oxygens (including phenoxy) is 1. The molecule has 1 N–H and O–H groups in total. The van der Waals surface area contributed by atoms with E-state index in [0.29, 0.717) is 18.3 Å². The van der Waals surface area contributed by atoms with Crippen molar-refractivity contribution < 1.29 is 14.6 Å². The fourth-order valence-electron chi connectivity index (χ4n) is 3.97. The number of carbonyl (C=O) groups is 1. The molecule has 0 aromatic heterocycles. The molecule has 0 bridgehead atoms. The van der Waals surface area contributed by atoms with Gasteiger partial charge < -0.3 is 9.84 Å². The van der Waals surface area contributed by atoms with Crippen LogP contribution >= 0.6 is 0 Å². The zero-order chi connectivity index (χ0) is 14.0. The first-order valence-corrected chi connectivity index (χ1v) is 7.86. The van der Waals surface area contributed by atoms with E-state index in [4.69, 9.17) is 4.74 Å². The van der Waals surface area contributed by atoms with Gasteiger partial charge in [0.2, 0.25) is 0 Å². The van der Waals surface area contributed by atoms with Gasteiger partial charge in [-0.1, -0.05) is 33.1 Å². The number of rotatable bonds is 1. The van der Waals surface area contributed by atoms with E-state index >= 15 is 0 Å². The van der Waals surface area contributed by atoms with Gasteiger partial charge in [-0.15, -0.1) is 0 Å². The summed E-state index contributed by atoms with van der Waals surface area (Å²) in [6.07, 6.45) is 6.64. The molecule has 5 atom stereocenters. The minimum Gasteiger partial charge on any atom is -0.462 e. The standard InChI is InChI=1S/C16H28O3/c1-4-13-15-12(10-14(17)19-15)8-7-11(2)6-5-9-16(13,3)18/h11-13,15,18H,4-10H2,1-3H3. The SMILES string of the molecule is CCC1C2OC(=O)CC2CCC(C)CCCC1(C)O. The fraction of sp³-hybridized carbons (Fsp3) is 0.938. The summed E-state index contributed by atoms with van der Waals surface area (Å²) in [6.45, 7) is 6.30. The normalized spacial score (nSPS) is 44.5. The van der Waals surface area contributed by atoms with E-state index in [1.807, 2.05) is 6.92 Å². The predicted octanol–water partition coefficient (Wildman–Crippen LogP) is 3.30. The van der Waals surface area contributed by atoms with Gasteiger partial charge in [0.25, 0.3) is 0 Å². The van der Waals surface area contributed by atoms with Crippen LogP contribution in [0, 0.1) is 17.8 Å². The minimum atomic E-state index is -0.709. The Morgan fingerprint density at radius 1 is 1.37 bits per heavy atom. The summed E-state index contributed by atoms with van der Waals surface area (Å²) in [5, 5.41) is 10.8. The van der Waals surface area contributed by atoms with Gasteiger partial charge in [0.1, 0.15) is 6.10 Å². The fourth-order valence-corrected chi connectivity index (χ4v) is 3.97. The largest absolute Gasteiger partial charge is 0.462 e. The third-order valence-corrected chi connectivity index (χ3v) is 5.21. The van der Waals surface area contributed by atoms with Crippen LogP contribution in [0.4, 0.5) is 0 Å². The van der Waals surface area contributed by atoms with Gasteiger partial charge in [-0.25, -0.2) is 0 Å². The Morgan fingerprint density at radius 3 is 2.79 bits per heavy atom. The molecular weight excluding hydrogens is 240 g/mol. The smallest absolute Gasteiger partial charge is 0.306 e. The lowest BCUT2D eigenvalue weighted by atomic mass is 9.73. The maximum absolute atomic E-state index is 11.7. The second kappa shape index (κ2) is 5.82. The van der Waals surface area contributed by atoms with Crippen LogP contribution in [-0.4, -0.2) is 22.8 Å². The van der Waals surface area contributed by atoms with Gasteiger partial charge in [0.15, 0.2) is 0 Å². The Morgan fingerprint density at radius 2 is 2.11 bits per heavy atom. The number of aliphatic hydroxyl groups is 1. The zero-order valence-corrected chi connectivity index (χ0v) is 12.5. The lowest BCUT2D eigenvalue weighted by Gasteiger charge is -2.39. The lowest BCUT2D eigenvalue weighted by Crippen LogP contribution is -2.44. The highest BCUT2D eigenvalue weighted by molar-refractivity contribution is 5.72. The van der Waals surface area contributed by atoms with Crippen LogP contribution in [0.5, 0.6) is 0 Å². The van der Waals surface area contributed by atoms with E-state index in [-0.39, 0.29) is 18.0 Å². The van der Waals surface area contributed by atoms with Crippen LogP contribution in [0.2, 0.25) is 0 Å². The molecule has 0 radical (unpaired) electrons. The van der Waals surface area contributed by atoms with Crippen molar-refractivity contribution in [2.75, 3.05) is 0 Å². The van der Waals surface area contributed by atoms with Gasteiger partial charge in [-0.3, -0.25) is 4.79 Å². The molecular formula is C16H28O3. The molecule has 3 nitrogen and oxygen atoms in total. The van der Waals surface area contributed by atoms with Crippen LogP contribution in [0.1, 0.15) is 65.7 Å². The Bertz CT molecular complexity index is 324. The first-order chi connectivity index (χ1) is 8.94. The van der Waals surface area contributed by atoms with Crippen molar-refractivity contribution >= 4 is 5.97 Å². The quantitative estimate of drug-likeness (QED) is 0.742. The molecule has 1 saturated heterocycles. The molecule has 2 aliphatic rings. The van der Waals surface area contributed by atoms with Gasteiger partial charge in [-0.05, 0) is 32.1 Å². The van der Waals surface area contributed by atoms with Crippen molar-refractivity contribution in [2.24, 2.45) is 17.8 Å². The molecule has 3 heteroatoms. The van der Waals surface area contributed by atoms with Gasteiger partial charge >= 0.3 is 5.97 Å². The summed E-state index contributed by atoms with van der Waals surface area (Å²) < 4.78 is 5.57. The first-order valence-electron chi connectivity index (χ1n) is 7.86. The van der Waals surface area contributed by atoms with E-state index in [9.17, 15) is 9.90 Å². The lowest BCUT2D eigenvalue weighted by molar-refractivity contribution is -0.149. The van der Waals surface area contributed by atoms with Crippen molar-refractivity contribution in [2.45, 2.75) is 77.4 Å². The highest BCUT2D eigenvalue weighted by Crippen LogP contribution is 2.41. The molecule has 5 unspecified atom stereocenters. The molecule has 0 aromatic rings. The average molecular weight is 268 g/mol. The molecule has 1 aliphatic heterocycles. The summed E-state index contributed by atoms with van der Waals surface area (Å²) in [6, 6.07) is 0. The minimum absolute atomic E-state index is 0.0715. The molecule has 19 heavy (non-hydrogen) atoms. The van der Waals surface area contributed by atoms with Crippen molar-refractivity contribution in [3.8, 4) is 0 Å².